The Hall–Kier alpha value is -0.890. The molecule has 0 aliphatic carbocycles. The second-order valence-electron chi connectivity index (χ2n) is 3.38. The number of hydrogen-bond acceptors (Lipinski definition) is 1. The van der Waals surface area contributed by atoms with E-state index in [2.05, 4.69) is 5.32 Å². The summed E-state index contributed by atoms with van der Waals surface area (Å²) in [5.74, 6) is -0.0849. The van der Waals surface area contributed by atoms with Crippen LogP contribution in [0.3, 0.4) is 0 Å². The first kappa shape index (κ1) is 10.2. The van der Waals surface area contributed by atoms with E-state index in [1.807, 2.05) is 27.0 Å². The minimum atomic E-state index is -0.0849. The van der Waals surface area contributed by atoms with Crippen LogP contribution in [-0.2, 0) is 6.42 Å². The quantitative estimate of drug-likeness (QED) is 0.753. The van der Waals surface area contributed by atoms with Crippen molar-refractivity contribution in [2.45, 2.75) is 20.3 Å². The average molecular weight is 181 g/mol. The van der Waals surface area contributed by atoms with E-state index in [1.54, 1.807) is 6.07 Å². The van der Waals surface area contributed by atoms with Gasteiger partial charge >= 0.3 is 0 Å². The lowest BCUT2D eigenvalue weighted by molar-refractivity contribution is 0.603. The molecule has 0 saturated carbocycles. The Labute approximate surface area is 79.0 Å². The number of rotatable bonds is 3. The summed E-state index contributed by atoms with van der Waals surface area (Å²) in [6.07, 6.45) is 0.753. The molecule has 0 aromatic heterocycles. The molecule has 0 saturated heterocycles. The highest BCUT2D eigenvalue weighted by atomic mass is 19.1. The van der Waals surface area contributed by atoms with Crippen molar-refractivity contribution < 1.29 is 4.39 Å². The lowest BCUT2D eigenvalue weighted by Gasteiger charge is -2.06. The summed E-state index contributed by atoms with van der Waals surface area (Å²) in [6, 6.07) is 3.54. The van der Waals surface area contributed by atoms with Crippen molar-refractivity contribution in [3.05, 3.63) is 34.6 Å². The molecular weight excluding hydrogens is 165 g/mol. The molecule has 13 heavy (non-hydrogen) atoms. The Bertz CT molecular complexity index is 294. The number of likely N-dealkylation sites (N-methyl/N-ethyl adjacent to an activating group) is 1. The first-order valence-corrected chi connectivity index (χ1v) is 4.55. The Morgan fingerprint density at radius 1 is 1.23 bits per heavy atom. The summed E-state index contributed by atoms with van der Waals surface area (Å²) in [6.45, 7) is 4.76. The highest BCUT2D eigenvalue weighted by molar-refractivity contribution is 5.31. The maximum Gasteiger partial charge on any atom is 0.126 e. The van der Waals surface area contributed by atoms with Crippen molar-refractivity contribution in [3.63, 3.8) is 0 Å². The van der Waals surface area contributed by atoms with E-state index < -0.39 is 0 Å². The van der Waals surface area contributed by atoms with Gasteiger partial charge in [-0.1, -0.05) is 6.07 Å². The molecule has 0 radical (unpaired) electrons. The summed E-state index contributed by atoms with van der Waals surface area (Å²) < 4.78 is 13.3. The monoisotopic (exact) mass is 181 g/mol. The smallest absolute Gasteiger partial charge is 0.126 e. The molecule has 0 spiro atoms. The number of aryl methyl sites for hydroxylation is 2. The summed E-state index contributed by atoms with van der Waals surface area (Å²) in [5, 5.41) is 3.01. The summed E-state index contributed by atoms with van der Waals surface area (Å²) >= 11 is 0. The van der Waals surface area contributed by atoms with Gasteiger partial charge in [-0.25, -0.2) is 4.39 Å². The van der Waals surface area contributed by atoms with Crippen LogP contribution < -0.4 is 5.32 Å². The van der Waals surface area contributed by atoms with Gasteiger partial charge in [0, 0.05) is 0 Å². The van der Waals surface area contributed by atoms with Crippen LogP contribution in [-0.4, -0.2) is 13.6 Å². The number of hydrogen-bond donors (Lipinski definition) is 1. The summed E-state index contributed by atoms with van der Waals surface area (Å²) in [5.41, 5.74) is 2.98. The maximum absolute atomic E-state index is 13.3. The van der Waals surface area contributed by atoms with Crippen LogP contribution in [0, 0.1) is 19.7 Å². The van der Waals surface area contributed by atoms with E-state index in [4.69, 9.17) is 0 Å². The first-order chi connectivity index (χ1) is 6.15. The Balaban J connectivity index is 2.88. The molecule has 1 rings (SSSR count). The van der Waals surface area contributed by atoms with Crippen LogP contribution in [0.25, 0.3) is 0 Å². The van der Waals surface area contributed by atoms with E-state index in [0.717, 1.165) is 29.7 Å². The van der Waals surface area contributed by atoms with Crippen molar-refractivity contribution in [2.75, 3.05) is 13.6 Å². The highest BCUT2D eigenvalue weighted by Gasteiger charge is 2.03. The molecule has 1 nitrogen and oxygen atoms in total. The van der Waals surface area contributed by atoms with Gasteiger partial charge in [-0.2, -0.15) is 0 Å². The molecule has 2 heteroatoms. The Kier molecular flexibility index (Phi) is 3.43. The van der Waals surface area contributed by atoms with Gasteiger partial charge in [-0.15, -0.1) is 0 Å². The lowest BCUT2D eigenvalue weighted by atomic mass is 10.0. The molecule has 0 aliphatic rings. The SMILES string of the molecule is CNCCc1cc(C)c(C)cc1F. The van der Waals surface area contributed by atoms with Crippen molar-refractivity contribution >= 4 is 0 Å². The molecule has 0 fully saturated rings. The van der Waals surface area contributed by atoms with E-state index in [1.165, 1.54) is 0 Å². The third-order valence-corrected chi connectivity index (χ3v) is 2.31. The predicted octanol–water partition coefficient (Wildman–Crippen LogP) is 2.20. The molecule has 0 bridgehead atoms. The van der Waals surface area contributed by atoms with Gasteiger partial charge in [0.05, 0.1) is 0 Å². The fraction of sp³-hybridized carbons (Fsp3) is 0.455. The lowest BCUT2D eigenvalue weighted by Crippen LogP contribution is -2.11. The molecule has 72 valence electrons. The van der Waals surface area contributed by atoms with Gasteiger partial charge in [-0.3, -0.25) is 0 Å². The van der Waals surface area contributed by atoms with Gasteiger partial charge in [-0.05, 0) is 56.6 Å². The predicted molar refractivity (Wildman–Crippen MR) is 53.5 cm³/mol. The zero-order valence-corrected chi connectivity index (χ0v) is 8.45. The van der Waals surface area contributed by atoms with Crippen molar-refractivity contribution in [1.82, 2.24) is 5.32 Å². The van der Waals surface area contributed by atoms with Crippen LogP contribution in [0.5, 0.6) is 0 Å². The molecule has 0 aliphatic heterocycles. The van der Waals surface area contributed by atoms with E-state index in [-0.39, 0.29) is 5.82 Å². The third-order valence-electron chi connectivity index (χ3n) is 2.31. The molecular formula is C11H16FN. The van der Waals surface area contributed by atoms with Gasteiger partial charge in [0.2, 0.25) is 0 Å². The van der Waals surface area contributed by atoms with Gasteiger partial charge in [0.1, 0.15) is 5.82 Å². The van der Waals surface area contributed by atoms with Gasteiger partial charge < -0.3 is 5.32 Å². The van der Waals surface area contributed by atoms with Crippen molar-refractivity contribution in [1.29, 1.82) is 0 Å². The molecule has 0 atom stereocenters. The molecule has 1 aromatic rings. The second kappa shape index (κ2) is 4.38. The average Bonchev–Trinajstić information content (AvgIpc) is 2.09. The molecule has 0 amide bonds. The number of benzene rings is 1. The standard InChI is InChI=1S/C11H16FN/c1-8-6-10(4-5-13-3)11(12)7-9(8)2/h6-7,13H,4-5H2,1-3H3. The second-order valence-corrected chi connectivity index (χ2v) is 3.38. The minimum absolute atomic E-state index is 0.0849. The topological polar surface area (TPSA) is 12.0 Å². The fourth-order valence-electron chi connectivity index (χ4n) is 1.29. The molecule has 0 unspecified atom stereocenters. The van der Waals surface area contributed by atoms with Crippen LogP contribution in [0.15, 0.2) is 12.1 Å². The van der Waals surface area contributed by atoms with Crippen LogP contribution in [0.1, 0.15) is 16.7 Å². The zero-order chi connectivity index (χ0) is 9.84. The fourth-order valence-corrected chi connectivity index (χ4v) is 1.29. The normalized spacial score (nSPS) is 10.5. The zero-order valence-electron chi connectivity index (χ0n) is 8.45. The van der Waals surface area contributed by atoms with Crippen molar-refractivity contribution in [2.24, 2.45) is 0 Å². The summed E-state index contributed by atoms with van der Waals surface area (Å²) in [4.78, 5) is 0. The number of halogens is 1. The molecule has 0 heterocycles. The van der Waals surface area contributed by atoms with E-state index >= 15 is 0 Å². The third kappa shape index (κ3) is 2.52. The van der Waals surface area contributed by atoms with Crippen molar-refractivity contribution in [3.8, 4) is 0 Å². The first-order valence-electron chi connectivity index (χ1n) is 4.55. The van der Waals surface area contributed by atoms with Crippen LogP contribution in [0.4, 0.5) is 4.39 Å². The van der Waals surface area contributed by atoms with E-state index in [0.29, 0.717) is 0 Å². The maximum atomic E-state index is 13.3. The van der Waals surface area contributed by atoms with Crippen LogP contribution in [0.2, 0.25) is 0 Å². The number of nitrogens with one attached hydrogen (secondary N) is 1. The highest BCUT2D eigenvalue weighted by Crippen LogP contribution is 2.14. The van der Waals surface area contributed by atoms with Gasteiger partial charge in [0.15, 0.2) is 0 Å². The Morgan fingerprint density at radius 2 is 1.85 bits per heavy atom. The van der Waals surface area contributed by atoms with Crippen LogP contribution >= 0.6 is 0 Å². The molecule has 1 N–H and O–H groups in total. The minimum Gasteiger partial charge on any atom is -0.319 e. The largest absolute Gasteiger partial charge is 0.319 e. The summed E-state index contributed by atoms with van der Waals surface area (Å²) in [7, 11) is 1.87. The molecule has 1 aromatic carbocycles. The van der Waals surface area contributed by atoms with E-state index in [9.17, 15) is 4.39 Å². The Morgan fingerprint density at radius 3 is 2.46 bits per heavy atom. The van der Waals surface area contributed by atoms with Gasteiger partial charge in [0.25, 0.3) is 0 Å².